The number of hydrogen-bond donors (Lipinski definition) is 3. The van der Waals surface area contributed by atoms with Gasteiger partial charge in [0.25, 0.3) is 15.9 Å². The zero-order valence-electron chi connectivity index (χ0n) is 14.7. The summed E-state index contributed by atoms with van der Waals surface area (Å²) < 4.78 is 30.4. The average molecular weight is 379 g/mol. The van der Waals surface area contributed by atoms with E-state index in [1.807, 2.05) is 0 Å². The second kappa shape index (κ2) is 8.15. The molecule has 0 aliphatic carbocycles. The molecule has 9 heteroatoms. The first-order valence-corrected chi connectivity index (χ1v) is 9.42. The Morgan fingerprint density at radius 2 is 1.88 bits per heavy atom. The molecule has 0 aliphatic heterocycles. The fourth-order valence-corrected chi connectivity index (χ4v) is 2.65. The third kappa shape index (κ3) is 4.93. The molecule has 140 valence electrons. The van der Waals surface area contributed by atoms with Crippen molar-refractivity contribution >= 4 is 27.5 Å². The number of hydrogen-bond acceptors (Lipinski definition) is 5. The van der Waals surface area contributed by atoms with E-state index in [2.05, 4.69) is 15.4 Å². The van der Waals surface area contributed by atoms with Gasteiger partial charge < -0.3 is 15.1 Å². The molecule has 0 unspecified atom stereocenters. The predicted octanol–water partition coefficient (Wildman–Crippen LogP) is 1.71. The standard InChI is InChI=1S/C17H21N3O5S/c1-11(2)16(21)20-13-6-4-5-12(9-13)10-19-17(22)14-7-8-15(25-14)26(23,24)18-3/h4-9,11,18H,10H2,1-3H3,(H,19,22)(H,20,21). The van der Waals surface area contributed by atoms with E-state index in [9.17, 15) is 18.0 Å². The molecule has 0 saturated carbocycles. The van der Waals surface area contributed by atoms with E-state index in [1.165, 1.54) is 19.2 Å². The van der Waals surface area contributed by atoms with Crippen molar-refractivity contribution in [3.8, 4) is 0 Å². The molecule has 26 heavy (non-hydrogen) atoms. The first kappa shape index (κ1) is 19.7. The van der Waals surface area contributed by atoms with E-state index < -0.39 is 15.9 Å². The van der Waals surface area contributed by atoms with Gasteiger partial charge in [0.05, 0.1) is 0 Å². The number of carbonyl (C=O) groups is 2. The maximum absolute atomic E-state index is 12.1. The van der Waals surface area contributed by atoms with Crippen LogP contribution in [0.3, 0.4) is 0 Å². The lowest BCUT2D eigenvalue weighted by Crippen LogP contribution is -2.23. The smallest absolute Gasteiger partial charge is 0.287 e. The summed E-state index contributed by atoms with van der Waals surface area (Å²) in [4.78, 5) is 23.8. The molecule has 0 atom stereocenters. The summed E-state index contributed by atoms with van der Waals surface area (Å²) in [6, 6.07) is 9.57. The van der Waals surface area contributed by atoms with Crippen LogP contribution in [0.5, 0.6) is 0 Å². The summed E-state index contributed by atoms with van der Waals surface area (Å²) in [6.07, 6.45) is 0. The van der Waals surface area contributed by atoms with Gasteiger partial charge in [-0.05, 0) is 36.9 Å². The number of benzene rings is 1. The zero-order chi connectivity index (χ0) is 19.3. The molecule has 0 aliphatic rings. The third-order valence-corrected chi connectivity index (χ3v) is 4.80. The molecule has 1 heterocycles. The summed E-state index contributed by atoms with van der Waals surface area (Å²) >= 11 is 0. The SMILES string of the molecule is CNS(=O)(=O)c1ccc(C(=O)NCc2cccc(NC(=O)C(C)C)c2)o1. The predicted molar refractivity (Wildman–Crippen MR) is 96.0 cm³/mol. The molecule has 0 spiro atoms. The number of carbonyl (C=O) groups excluding carboxylic acids is 2. The Morgan fingerprint density at radius 1 is 1.15 bits per heavy atom. The van der Waals surface area contributed by atoms with Gasteiger partial charge in [0.15, 0.2) is 5.76 Å². The Bertz CT molecular complexity index is 903. The van der Waals surface area contributed by atoms with E-state index in [-0.39, 0.29) is 29.2 Å². The highest BCUT2D eigenvalue weighted by atomic mass is 32.2. The number of anilines is 1. The lowest BCUT2D eigenvalue weighted by atomic mass is 10.1. The number of sulfonamides is 1. The molecule has 8 nitrogen and oxygen atoms in total. The molecule has 0 fully saturated rings. The van der Waals surface area contributed by atoms with Gasteiger partial charge in [-0.3, -0.25) is 9.59 Å². The maximum atomic E-state index is 12.1. The molecule has 1 aromatic carbocycles. The van der Waals surface area contributed by atoms with E-state index >= 15 is 0 Å². The zero-order valence-corrected chi connectivity index (χ0v) is 15.5. The number of rotatable bonds is 7. The van der Waals surface area contributed by atoms with Crippen molar-refractivity contribution < 1.29 is 22.4 Å². The third-order valence-electron chi connectivity index (χ3n) is 3.51. The van der Waals surface area contributed by atoms with Crippen molar-refractivity contribution in [2.75, 3.05) is 12.4 Å². The van der Waals surface area contributed by atoms with Crippen molar-refractivity contribution in [3.63, 3.8) is 0 Å². The van der Waals surface area contributed by atoms with Gasteiger partial charge >= 0.3 is 0 Å². The minimum Gasteiger partial charge on any atom is -0.438 e. The van der Waals surface area contributed by atoms with Crippen LogP contribution in [0.25, 0.3) is 0 Å². The van der Waals surface area contributed by atoms with Crippen LogP contribution in [-0.2, 0) is 21.4 Å². The highest BCUT2D eigenvalue weighted by molar-refractivity contribution is 7.89. The monoisotopic (exact) mass is 379 g/mol. The van der Waals surface area contributed by atoms with Gasteiger partial charge in [-0.15, -0.1) is 0 Å². The second-order valence-corrected chi connectivity index (χ2v) is 7.67. The molecule has 0 radical (unpaired) electrons. The fraction of sp³-hybridized carbons (Fsp3) is 0.294. The Morgan fingerprint density at radius 3 is 2.54 bits per heavy atom. The molecule has 2 rings (SSSR count). The molecular formula is C17H21N3O5S. The van der Waals surface area contributed by atoms with Gasteiger partial charge in [0, 0.05) is 18.2 Å². The van der Waals surface area contributed by atoms with Crippen molar-refractivity contribution in [3.05, 3.63) is 47.7 Å². The maximum Gasteiger partial charge on any atom is 0.287 e. The summed E-state index contributed by atoms with van der Waals surface area (Å²) in [5, 5.41) is 5.09. The van der Waals surface area contributed by atoms with Crippen molar-refractivity contribution in [2.24, 2.45) is 5.92 Å². The number of nitrogens with one attached hydrogen (secondary N) is 3. The fourth-order valence-electron chi connectivity index (χ4n) is 2.00. The van der Waals surface area contributed by atoms with E-state index in [4.69, 9.17) is 4.42 Å². The average Bonchev–Trinajstić information content (AvgIpc) is 3.11. The largest absolute Gasteiger partial charge is 0.438 e. The molecule has 3 N–H and O–H groups in total. The second-order valence-electron chi connectivity index (χ2n) is 5.85. The lowest BCUT2D eigenvalue weighted by Gasteiger charge is -2.09. The Labute approximate surface area is 152 Å². The summed E-state index contributed by atoms with van der Waals surface area (Å²) in [7, 11) is -2.49. The van der Waals surface area contributed by atoms with E-state index in [0.29, 0.717) is 5.69 Å². The van der Waals surface area contributed by atoms with Crippen LogP contribution in [0, 0.1) is 5.92 Å². The first-order valence-electron chi connectivity index (χ1n) is 7.94. The van der Waals surface area contributed by atoms with Crippen LogP contribution in [0.15, 0.2) is 45.9 Å². The summed E-state index contributed by atoms with van der Waals surface area (Å²) in [6.45, 7) is 3.79. The molecular weight excluding hydrogens is 358 g/mol. The van der Waals surface area contributed by atoms with Crippen LogP contribution in [0.1, 0.15) is 30.0 Å². The Balaban J connectivity index is 2.01. The minimum atomic E-state index is -3.74. The number of amides is 2. The van der Waals surface area contributed by atoms with Crippen LogP contribution in [0.4, 0.5) is 5.69 Å². The van der Waals surface area contributed by atoms with E-state index in [1.54, 1.807) is 38.1 Å². The Kier molecular flexibility index (Phi) is 6.17. The van der Waals surface area contributed by atoms with Crippen LogP contribution in [-0.4, -0.2) is 27.3 Å². The van der Waals surface area contributed by atoms with Crippen LogP contribution in [0.2, 0.25) is 0 Å². The normalized spacial score (nSPS) is 11.4. The van der Waals surface area contributed by atoms with Crippen LogP contribution < -0.4 is 15.4 Å². The summed E-state index contributed by atoms with van der Waals surface area (Å²) in [5.41, 5.74) is 1.41. The lowest BCUT2D eigenvalue weighted by molar-refractivity contribution is -0.118. The summed E-state index contributed by atoms with van der Waals surface area (Å²) in [5.74, 6) is -0.886. The highest BCUT2D eigenvalue weighted by Crippen LogP contribution is 2.15. The molecule has 0 saturated heterocycles. The van der Waals surface area contributed by atoms with Gasteiger partial charge in [-0.2, -0.15) is 0 Å². The van der Waals surface area contributed by atoms with E-state index in [0.717, 1.165) is 5.56 Å². The van der Waals surface area contributed by atoms with Crippen molar-refractivity contribution in [2.45, 2.75) is 25.5 Å². The van der Waals surface area contributed by atoms with Crippen molar-refractivity contribution in [1.82, 2.24) is 10.0 Å². The van der Waals surface area contributed by atoms with Gasteiger partial charge in [-0.1, -0.05) is 26.0 Å². The molecule has 0 bridgehead atoms. The molecule has 2 amide bonds. The topological polar surface area (TPSA) is 118 Å². The van der Waals surface area contributed by atoms with Gasteiger partial charge in [0.1, 0.15) is 0 Å². The molecule has 1 aromatic heterocycles. The van der Waals surface area contributed by atoms with Crippen LogP contribution >= 0.6 is 0 Å². The van der Waals surface area contributed by atoms with Gasteiger partial charge in [-0.25, -0.2) is 13.1 Å². The Hall–Kier alpha value is -2.65. The minimum absolute atomic E-state index is 0.0972. The van der Waals surface area contributed by atoms with Crippen molar-refractivity contribution in [1.29, 1.82) is 0 Å². The molecule has 2 aromatic rings. The van der Waals surface area contributed by atoms with Gasteiger partial charge in [0.2, 0.25) is 11.0 Å². The first-order chi connectivity index (χ1) is 12.2. The highest BCUT2D eigenvalue weighted by Gasteiger charge is 2.19. The number of furan rings is 1. The quantitative estimate of drug-likeness (QED) is 0.677.